The molecule has 1 N–H and O–H groups in total. The van der Waals surface area contributed by atoms with Crippen molar-refractivity contribution in [3.05, 3.63) is 0 Å². The zero-order valence-electron chi connectivity index (χ0n) is 13.9. The topological polar surface area (TPSA) is 12.0 Å². The van der Waals surface area contributed by atoms with E-state index in [4.69, 9.17) is 0 Å². The summed E-state index contributed by atoms with van der Waals surface area (Å²) in [6, 6.07) is 0. The van der Waals surface area contributed by atoms with Gasteiger partial charge in [0.15, 0.2) is 0 Å². The Balaban J connectivity index is 2.27. The minimum Gasteiger partial charge on any atom is -0.316 e. The van der Waals surface area contributed by atoms with Gasteiger partial charge in [-0.3, -0.25) is 0 Å². The predicted octanol–water partition coefficient (Wildman–Crippen LogP) is 4.86. The first-order valence-corrected chi connectivity index (χ1v) is 8.57. The van der Waals surface area contributed by atoms with E-state index in [0.29, 0.717) is 10.8 Å². The average molecular weight is 265 g/mol. The molecule has 3 atom stereocenters. The first kappa shape index (κ1) is 15.4. The summed E-state index contributed by atoms with van der Waals surface area (Å²) >= 11 is 0. The number of hydrogen-bond acceptors (Lipinski definition) is 1. The lowest BCUT2D eigenvalue weighted by Crippen LogP contribution is -2.53. The molecule has 0 aromatic rings. The summed E-state index contributed by atoms with van der Waals surface area (Å²) in [6.45, 7) is 14.8. The molecule has 0 aromatic heterocycles. The van der Waals surface area contributed by atoms with E-state index in [1.807, 2.05) is 0 Å². The van der Waals surface area contributed by atoms with Gasteiger partial charge in [-0.25, -0.2) is 0 Å². The molecule has 0 aromatic carbocycles. The van der Waals surface area contributed by atoms with Crippen molar-refractivity contribution in [3.8, 4) is 0 Å². The van der Waals surface area contributed by atoms with E-state index in [1.54, 1.807) is 0 Å². The lowest BCUT2D eigenvalue weighted by Gasteiger charge is -2.57. The average Bonchev–Trinajstić information content (AvgIpc) is 2.31. The molecule has 1 saturated carbocycles. The van der Waals surface area contributed by atoms with Crippen LogP contribution >= 0.6 is 0 Å². The van der Waals surface area contributed by atoms with Gasteiger partial charge < -0.3 is 5.32 Å². The fourth-order valence-corrected chi connectivity index (χ4v) is 5.24. The maximum atomic E-state index is 3.68. The van der Waals surface area contributed by atoms with Gasteiger partial charge >= 0.3 is 0 Å². The molecule has 2 fully saturated rings. The van der Waals surface area contributed by atoms with Crippen LogP contribution in [0.1, 0.15) is 73.1 Å². The quantitative estimate of drug-likeness (QED) is 0.751. The van der Waals surface area contributed by atoms with Gasteiger partial charge in [0.2, 0.25) is 0 Å². The maximum Gasteiger partial charge on any atom is -0.00150 e. The third-order valence-corrected chi connectivity index (χ3v) is 5.85. The largest absolute Gasteiger partial charge is 0.316 e. The second-order valence-corrected chi connectivity index (χ2v) is 8.68. The van der Waals surface area contributed by atoms with Gasteiger partial charge in [0, 0.05) is 0 Å². The normalized spacial score (nSPS) is 36.9. The van der Waals surface area contributed by atoms with Gasteiger partial charge in [0.05, 0.1) is 0 Å². The highest BCUT2D eigenvalue weighted by Crippen LogP contribution is 2.57. The molecule has 19 heavy (non-hydrogen) atoms. The minimum atomic E-state index is 0.479. The van der Waals surface area contributed by atoms with Crippen molar-refractivity contribution in [2.75, 3.05) is 13.1 Å². The maximum absolute atomic E-state index is 3.68. The molecular formula is C18H35N. The Bertz CT molecular complexity index is 283. The number of hydrogen-bond donors (Lipinski definition) is 1. The van der Waals surface area contributed by atoms with E-state index in [-0.39, 0.29) is 0 Å². The molecule has 0 bridgehead atoms. The first-order valence-electron chi connectivity index (χ1n) is 8.57. The van der Waals surface area contributed by atoms with E-state index < -0.39 is 0 Å². The predicted molar refractivity (Wildman–Crippen MR) is 84.3 cm³/mol. The van der Waals surface area contributed by atoms with Crippen molar-refractivity contribution >= 4 is 0 Å². The van der Waals surface area contributed by atoms with Crippen molar-refractivity contribution in [2.45, 2.75) is 73.1 Å². The monoisotopic (exact) mass is 265 g/mol. The standard InChI is InChI=1S/C18H35N/c1-14(2)12-15-13-19-11-10-18(15)9-7-6-8-16(18)17(3,4)5/h14-16,19H,6-13H2,1-5H3. The fraction of sp³-hybridized carbons (Fsp3) is 1.00. The summed E-state index contributed by atoms with van der Waals surface area (Å²) in [6.07, 6.45) is 8.74. The number of piperidine rings is 1. The number of rotatable bonds is 2. The van der Waals surface area contributed by atoms with E-state index in [2.05, 4.69) is 39.9 Å². The van der Waals surface area contributed by atoms with E-state index in [9.17, 15) is 0 Å². The van der Waals surface area contributed by atoms with Gasteiger partial charge in [-0.2, -0.15) is 0 Å². The van der Waals surface area contributed by atoms with Crippen LogP contribution in [0.15, 0.2) is 0 Å². The third-order valence-electron chi connectivity index (χ3n) is 5.85. The molecule has 1 nitrogen and oxygen atoms in total. The van der Waals surface area contributed by atoms with Crippen LogP contribution in [0, 0.1) is 28.6 Å². The Labute approximate surface area is 120 Å². The van der Waals surface area contributed by atoms with Gasteiger partial charge in [0.1, 0.15) is 0 Å². The Morgan fingerprint density at radius 1 is 1.16 bits per heavy atom. The number of nitrogens with one attached hydrogen (secondary N) is 1. The molecule has 3 unspecified atom stereocenters. The Morgan fingerprint density at radius 3 is 2.53 bits per heavy atom. The lowest BCUT2D eigenvalue weighted by molar-refractivity contribution is -0.0626. The molecule has 1 heterocycles. The second-order valence-electron chi connectivity index (χ2n) is 8.68. The summed E-state index contributed by atoms with van der Waals surface area (Å²) in [4.78, 5) is 0. The van der Waals surface area contributed by atoms with E-state index in [0.717, 1.165) is 17.8 Å². The zero-order valence-corrected chi connectivity index (χ0v) is 13.9. The highest BCUT2D eigenvalue weighted by Gasteiger charge is 2.50. The Kier molecular flexibility index (Phi) is 4.65. The molecule has 1 spiro atoms. The van der Waals surface area contributed by atoms with Crippen molar-refractivity contribution in [1.29, 1.82) is 0 Å². The SMILES string of the molecule is CC(C)CC1CNCCC12CCCCC2C(C)(C)C. The van der Waals surface area contributed by atoms with Gasteiger partial charge in [-0.15, -0.1) is 0 Å². The van der Waals surface area contributed by atoms with Crippen molar-refractivity contribution in [2.24, 2.45) is 28.6 Å². The van der Waals surface area contributed by atoms with Crippen LogP contribution < -0.4 is 5.32 Å². The van der Waals surface area contributed by atoms with Gasteiger partial charge in [-0.05, 0) is 67.4 Å². The van der Waals surface area contributed by atoms with Crippen LogP contribution in [0.25, 0.3) is 0 Å². The molecule has 1 heteroatoms. The van der Waals surface area contributed by atoms with E-state index >= 15 is 0 Å². The van der Waals surface area contributed by atoms with Gasteiger partial charge in [-0.1, -0.05) is 47.5 Å². The molecule has 1 aliphatic heterocycles. The smallest absolute Gasteiger partial charge is 0.00150 e. The fourth-order valence-electron chi connectivity index (χ4n) is 5.24. The summed E-state index contributed by atoms with van der Waals surface area (Å²) in [7, 11) is 0. The molecule has 1 saturated heterocycles. The van der Waals surface area contributed by atoms with Crippen LogP contribution in [0.2, 0.25) is 0 Å². The van der Waals surface area contributed by atoms with Crippen LogP contribution in [-0.2, 0) is 0 Å². The Morgan fingerprint density at radius 2 is 1.89 bits per heavy atom. The van der Waals surface area contributed by atoms with Crippen molar-refractivity contribution in [3.63, 3.8) is 0 Å². The Hall–Kier alpha value is -0.0400. The zero-order chi connectivity index (χ0) is 14.1. The molecule has 2 rings (SSSR count). The summed E-state index contributed by atoms with van der Waals surface area (Å²) in [5, 5.41) is 3.68. The first-order chi connectivity index (χ1) is 8.86. The third kappa shape index (κ3) is 3.17. The van der Waals surface area contributed by atoms with Crippen molar-refractivity contribution < 1.29 is 0 Å². The van der Waals surface area contributed by atoms with E-state index in [1.165, 1.54) is 51.6 Å². The summed E-state index contributed by atoms with van der Waals surface area (Å²) in [5.74, 6) is 2.68. The molecule has 2 aliphatic rings. The molecular weight excluding hydrogens is 230 g/mol. The lowest BCUT2D eigenvalue weighted by atomic mass is 9.50. The van der Waals surface area contributed by atoms with Crippen LogP contribution in [-0.4, -0.2) is 13.1 Å². The van der Waals surface area contributed by atoms with Crippen LogP contribution in [0.3, 0.4) is 0 Å². The highest BCUT2D eigenvalue weighted by molar-refractivity contribution is 5.01. The van der Waals surface area contributed by atoms with Crippen molar-refractivity contribution in [1.82, 2.24) is 5.32 Å². The van der Waals surface area contributed by atoms with Crippen LogP contribution in [0.4, 0.5) is 0 Å². The second kappa shape index (κ2) is 5.76. The minimum absolute atomic E-state index is 0.479. The molecule has 1 aliphatic carbocycles. The van der Waals surface area contributed by atoms with Gasteiger partial charge in [0.25, 0.3) is 0 Å². The summed E-state index contributed by atoms with van der Waals surface area (Å²) in [5.41, 5.74) is 1.12. The molecule has 112 valence electrons. The molecule has 0 radical (unpaired) electrons. The molecule has 0 amide bonds. The summed E-state index contributed by atoms with van der Waals surface area (Å²) < 4.78 is 0. The highest BCUT2D eigenvalue weighted by atomic mass is 14.9. The van der Waals surface area contributed by atoms with Crippen LogP contribution in [0.5, 0.6) is 0 Å².